The quantitative estimate of drug-likeness (QED) is 0.688. The molecule has 8 heteroatoms. The Morgan fingerprint density at radius 1 is 1.25 bits per heavy atom. The number of hydrogen-bond acceptors (Lipinski definition) is 5. The molecule has 1 aliphatic rings. The molecule has 1 aromatic heterocycles. The van der Waals surface area contributed by atoms with E-state index in [-0.39, 0.29) is 11.8 Å². The summed E-state index contributed by atoms with van der Waals surface area (Å²) in [5.74, 6) is 0.305. The SMILES string of the molecule is C[C@H]1Oc2ccc(-c3csc(NC(=O)c4ccc(Cl)cc4)n3)cc2N(C)C1=O. The maximum atomic E-state index is 12.3. The number of thiazole rings is 1. The average molecular weight is 414 g/mol. The summed E-state index contributed by atoms with van der Waals surface area (Å²) in [6, 6.07) is 12.2. The number of rotatable bonds is 3. The Bertz CT molecular complexity index is 1060. The first-order valence-electron chi connectivity index (χ1n) is 8.53. The van der Waals surface area contributed by atoms with Crippen LogP contribution in [0.3, 0.4) is 0 Å². The summed E-state index contributed by atoms with van der Waals surface area (Å²) >= 11 is 7.18. The van der Waals surface area contributed by atoms with E-state index >= 15 is 0 Å². The Labute approximate surface area is 170 Å². The van der Waals surface area contributed by atoms with Gasteiger partial charge in [-0.3, -0.25) is 14.9 Å². The van der Waals surface area contributed by atoms with Gasteiger partial charge in [0.2, 0.25) is 0 Å². The van der Waals surface area contributed by atoms with Gasteiger partial charge in [-0.2, -0.15) is 0 Å². The van der Waals surface area contributed by atoms with Crippen LogP contribution in [0.1, 0.15) is 17.3 Å². The second-order valence-electron chi connectivity index (χ2n) is 6.34. The Balaban J connectivity index is 1.55. The number of anilines is 2. The van der Waals surface area contributed by atoms with Crippen molar-refractivity contribution < 1.29 is 14.3 Å². The maximum absolute atomic E-state index is 12.3. The number of nitrogens with zero attached hydrogens (tertiary/aromatic N) is 2. The van der Waals surface area contributed by atoms with Crippen molar-refractivity contribution in [3.8, 4) is 17.0 Å². The second-order valence-corrected chi connectivity index (χ2v) is 7.63. The number of aromatic nitrogens is 1. The fourth-order valence-electron chi connectivity index (χ4n) is 2.91. The smallest absolute Gasteiger partial charge is 0.267 e. The molecule has 0 saturated heterocycles. The molecule has 0 bridgehead atoms. The minimum Gasteiger partial charge on any atom is -0.479 e. The average Bonchev–Trinajstić information content (AvgIpc) is 3.15. The summed E-state index contributed by atoms with van der Waals surface area (Å²) < 4.78 is 5.65. The standard InChI is InChI=1S/C20H16ClN3O3S/c1-11-19(26)24(2)16-9-13(5-8-17(16)27-11)15-10-28-20(22-15)23-18(25)12-3-6-14(21)7-4-12/h3-11H,1-2H3,(H,22,23,25)/t11-/m1/s1. The number of likely N-dealkylation sites (N-methyl/N-ethyl adjacent to an activating group) is 1. The van der Waals surface area contributed by atoms with Gasteiger partial charge >= 0.3 is 0 Å². The molecule has 1 N–H and O–H groups in total. The predicted octanol–water partition coefficient (Wildman–Crippen LogP) is 4.46. The number of carbonyl (C=O) groups excluding carboxylic acids is 2. The summed E-state index contributed by atoms with van der Waals surface area (Å²) in [5.41, 5.74) is 2.74. The first-order chi connectivity index (χ1) is 13.4. The lowest BCUT2D eigenvalue weighted by Crippen LogP contribution is -2.41. The van der Waals surface area contributed by atoms with Gasteiger partial charge in [-0.1, -0.05) is 11.6 Å². The zero-order chi connectivity index (χ0) is 19.8. The summed E-state index contributed by atoms with van der Waals surface area (Å²) in [7, 11) is 1.72. The van der Waals surface area contributed by atoms with Crippen LogP contribution in [0.15, 0.2) is 47.8 Å². The Hall–Kier alpha value is -2.90. The van der Waals surface area contributed by atoms with Gasteiger partial charge in [0.1, 0.15) is 5.75 Å². The van der Waals surface area contributed by atoms with Crippen molar-refractivity contribution in [3.05, 3.63) is 58.4 Å². The van der Waals surface area contributed by atoms with Crippen LogP contribution in [0.4, 0.5) is 10.8 Å². The van der Waals surface area contributed by atoms with Gasteiger partial charge < -0.3 is 9.64 Å². The lowest BCUT2D eigenvalue weighted by Gasteiger charge is -2.30. The normalized spacial score (nSPS) is 15.8. The Morgan fingerprint density at radius 2 is 2.00 bits per heavy atom. The topological polar surface area (TPSA) is 71.5 Å². The van der Waals surface area contributed by atoms with E-state index in [4.69, 9.17) is 16.3 Å². The highest BCUT2D eigenvalue weighted by molar-refractivity contribution is 7.14. The van der Waals surface area contributed by atoms with E-state index in [1.54, 1.807) is 43.1 Å². The number of benzene rings is 2. The van der Waals surface area contributed by atoms with E-state index < -0.39 is 6.10 Å². The third-order valence-corrected chi connectivity index (χ3v) is 5.44. The number of carbonyl (C=O) groups is 2. The van der Waals surface area contributed by atoms with Crippen LogP contribution >= 0.6 is 22.9 Å². The Kier molecular flexibility index (Phi) is 4.78. The highest BCUT2D eigenvalue weighted by atomic mass is 35.5. The van der Waals surface area contributed by atoms with Crippen LogP contribution in [-0.4, -0.2) is 29.9 Å². The van der Waals surface area contributed by atoms with E-state index in [0.29, 0.717) is 32.8 Å². The molecule has 2 aromatic carbocycles. The summed E-state index contributed by atoms with van der Waals surface area (Å²) in [5, 5.41) is 5.70. The van der Waals surface area contributed by atoms with Gasteiger partial charge in [-0.15, -0.1) is 11.3 Å². The van der Waals surface area contributed by atoms with Crippen LogP contribution in [-0.2, 0) is 4.79 Å². The molecule has 1 aliphatic heterocycles. The first kappa shape index (κ1) is 18.5. The van der Waals surface area contributed by atoms with E-state index in [9.17, 15) is 9.59 Å². The molecule has 2 amide bonds. The van der Waals surface area contributed by atoms with Gasteiger partial charge in [0.05, 0.1) is 11.4 Å². The number of fused-ring (bicyclic) bond motifs is 1. The van der Waals surface area contributed by atoms with Crippen molar-refractivity contribution in [1.29, 1.82) is 0 Å². The van der Waals surface area contributed by atoms with E-state index in [0.717, 1.165) is 5.56 Å². The maximum Gasteiger partial charge on any atom is 0.267 e. The van der Waals surface area contributed by atoms with Crippen molar-refractivity contribution in [1.82, 2.24) is 4.98 Å². The molecule has 142 valence electrons. The van der Waals surface area contributed by atoms with Crippen molar-refractivity contribution in [2.24, 2.45) is 0 Å². The molecule has 28 heavy (non-hydrogen) atoms. The molecule has 0 fully saturated rings. The molecule has 0 saturated carbocycles. The molecule has 4 rings (SSSR count). The minimum absolute atomic E-state index is 0.0983. The molecule has 2 heterocycles. The van der Waals surface area contributed by atoms with Crippen molar-refractivity contribution in [2.45, 2.75) is 13.0 Å². The molecule has 0 radical (unpaired) electrons. The van der Waals surface area contributed by atoms with Gasteiger partial charge in [-0.25, -0.2) is 4.98 Å². The molecule has 6 nitrogen and oxygen atoms in total. The molecule has 1 atom stereocenters. The van der Waals surface area contributed by atoms with Gasteiger partial charge in [0, 0.05) is 28.6 Å². The second kappa shape index (κ2) is 7.26. The van der Waals surface area contributed by atoms with Gasteiger partial charge in [0.15, 0.2) is 11.2 Å². The van der Waals surface area contributed by atoms with Crippen LogP contribution in [0, 0.1) is 0 Å². The molecule has 0 aliphatic carbocycles. The van der Waals surface area contributed by atoms with E-state index in [1.165, 1.54) is 11.3 Å². The van der Waals surface area contributed by atoms with Crippen LogP contribution in [0.5, 0.6) is 5.75 Å². The van der Waals surface area contributed by atoms with Gasteiger partial charge in [0.25, 0.3) is 11.8 Å². The highest BCUT2D eigenvalue weighted by Crippen LogP contribution is 2.37. The number of halogens is 1. The lowest BCUT2D eigenvalue weighted by atomic mass is 10.1. The van der Waals surface area contributed by atoms with Crippen molar-refractivity contribution in [2.75, 3.05) is 17.3 Å². The minimum atomic E-state index is -0.502. The lowest BCUT2D eigenvalue weighted by molar-refractivity contribution is -0.125. The molecular weight excluding hydrogens is 398 g/mol. The molecule has 3 aromatic rings. The number of amides is 2. The highest BCUT2D eigenvalue weighted by Gasteiger charge is 2.29. The molecular formula is C20H16ClN3O3S. The molecule has 0 spiro atoms. The third-order valence-electron chi connectivity index (χ3n) is 4.43. The summed E-state index contributed by atoms with van der Waals surface area (Å²) in [6.07, 6.45) is -0.502. The fraction of sp³-hybridized carbons (Fsp3) is 0.150. The van der Waals surface area contributed by atoms with E-state index in [1.807, 2.05) is 23.6 Å². The van der Waals surface area contributed by atoms with Crippen LogP contribution in [0.25, 0.3) is 11.3 Å². The van der Waals surface area contributed by atoms with Crippen molar-refractivity contribution in [3.63, 3.8) is 0 Å². The van der Waals surface area contributed by atoms with Crippen LogP contribution in [0.2, 0.25) is 5.02 Å². The monoisotopic (exact) mass is 413 g/mol. The fourth-order valence-corrected chi connectivity index (χ4v) is 3.75. The number of hydrogen-bond donors (Lipinski definition) is 1. The molecule has 0 unspecified atom stereocenters. The Morgan fingerprint density at radius 3 is 2.75 bits per heavy atom. The first-order valence-corrected chi connectivity index (χ1v) is 9.79. The van der Waals surface area contributed by atoms with E-state index in [2.05, 4.69) is 10.3 Å². The largest absolute Gasteiger partial charge is 0.479 e. The third kappa shape index (κ3) is 3.46. The van der Waals surface area contributed by atoms with Crippen molar-refractivity contribution >= 4 is 45.6 Å². The number of nitrogens with one attached hydrogen (secondary N) is 1. The van der Waals surface area contributed by atoms with Gasteiger partial charge in [-0.05, 0) is 49.4 Å². The zero-order valence-electron chi connectivity index (χ0n) is 15.1. The van der Waals surface area contributed by atoms with Crippen LogP contribution < -0.4 is 15.0 Å². The number of ether oxygens (including phenoxy) is 1. The summed E-state index contributed by atoms with van der Waals surface area (Å²) in [4.78, 5) is 30.5. The predicted molar refractivity (Wildman–Crippen MR) is 110 cm³/mol. The summed E-state index contributed by atoms with van der Waals surface area (Å²) in [6.45, 7) is 1.73. The zero-order valence-corrected chi connectivity index (χ0v) is 16.7.